The molecule has 0 saturated heterocycles. The van der Waals surface area contributed by atoms with Crippen molar-refractivity contribution in [3.63, 3.8) is 0 Å². The molecule has 14 heavy (non-hydrogen) atoms. The predicted octanol–water partition coefficient (Wildman–Crippen LogP) is 5.26. The van der Waals surface area contributed by atoms with Gasteiger partial charge in [-0.2, -0.15) is 0 Å². The number of rotatable bonds is 9. The maximum atomic E-state index is 2.33. The molecule has 0 spiro atoms. The number of unbranched alkanes of at least 4 members (excludes halogenated alkanes) is 5. The molecule has 0 aliphatic rings. The summed E-state index contributed by atoms with van der Waals surface area (Å²) in [7, 11) is 0. The summed E-state index contributed by atoms with van der Waals surface area (Å²) < 4.78 is 0. The van der Waals surface area contributed by atoms with Crippen molar-refractivity contribution < 1.29 is 0 Å². The molecule has 0 aromatic heterocycles. The molecule has 0 radical (unpaired) electrons. The highest BCUT2D eigenvalue weighted by atomic mass is 13.9. The average Bonchev–Trinajstić information content (AvgIpc) is 2.21. The zero-order valence-corrected chi connectivity index (χ0v) is 9.97. The number of hydrogen-bond donors (Lipinski definition) is 0. The maximum Gasteiger partial charge on any atom is -0.0351 e. The Morgan fingerprint density at radius 3 is 1.29 bits per heavy atom. The minimum atomic E-state index is 1.25. The second-order valence-electron chi connectivity index (χ2n) is 3.80. The van der Waals surface area contributed by atoms with Gasteiger partial charge in [0.25, 0.3) is 0 Å². The molecule has 82 valence electrons. The molecule has 0 unspecified atom stereocenters. The van der Waals surface area contributed by atoms with Crippen LogP contribution in [-0.4, -0.2) is 0 Å². The van der Waals surface area contributed by atoms with E-state index in [0.29, 0.717) is 0 Å². The monoisotopic (exact) mass is 194 g/mol. The Hall–Kier alpha value is -0.520. The Morgan fingerprint density at radius 2 is 0.929 bits per heavy atom. The third-order valence-electron chi connectivity index (χ3n) is 2.24. The highest BCUT2D eigenvalue weighted by Crippen LogP contribution is 2.03. The molecule has 0 heterocycles. The van der Waals surface area contributed by atoms with Crippen LogP contribution in [0.25, 0.3) is 0 Å². The molecule has 0 nitrogen and oxygen atoms in total. The van der Waals surface area contributed by atoms with Gasteiger partial charge in [0.2, 0.25) is 0 Å². The van der Waals surface area contributed by atoms with Crippen molar-refractivity contribution in [2.45, 2.75) is 65.2 Å². The van der Waals surface area contributed by atoms with Crippen LogP contribution >= 0.6 is 0 Å². The van der Waals surface area contributed by atoms with Gasteiger partial charge in [0.05, 0.1) is 0 Å². The third kappa shape index (κ3) is 11.5. The summed E-state index contributed by atoms with van der Waals surface area (Å²) >= 11 is 0. The molecule has 0 amide bonds. The van der Waals surface area contributed by atoms with E-state index in [9.17, 15) is 0 Å². The Morgan fingerprint density at radius 1 is 0.571 bits per heavy atom. The van der Waals surface area contributed by atoms with Crippen molar-refractivity contribution >= 4 is 0 Å². The van der Waals surface area contributed by atoms with Crippen LogP contribution in [0.15, 0.2) is 24.3 Å². The van der Waals surface area contributed by atoms with Crippen LogP contribution in [0.1, 0.15) is 65.2 Å². The van der Waals surface area contributed by atoms with E-state index in [1.54, 1.807) is 0 Å². The molecular formula is C14H26. The van der Waals surface area contributed by atoms with Crippen LogP contribution in [-0.2, 0) is 0 Å². The molecule has 0 fully saturated rings. The molecule has 0 aliphatic heterocycles. The Bertz CT molecular complexity index is 124. The fourth-order valence-corrected chi connectivity index (χ4v) is 1.33. The summed E-state index contributed by atoms with van der Waals surface area (Å²) in [6.07, 6.45) is 19.5. The lowest BCUT2D eigenvalue weighted by molar-refractivity contribution is 0.757. The standard InChI is InChI=1S/C14H26/c1-3-5-7-9-11-13-14-12-10-8-6-4-2/h7-10H,3-6,11-14H2,1-2H3/b9-7-,10-8+. The molecule has 0 heteroatoms. The van der Waals surface area contributed by atoms with E-state index >= 15 is 0 Å². The van der Waals surface area contributed by atoms with Crippen molar-refractivity contribution in [3.8, 4) is 0 Å². The maximum absolute atomic E-state index is 2.33. The molecule has 0 rings (SSSR count). The molecule has 0 aliphatic carbocycles. The van der Waals surface area contributed by atoms with Gasteiger partial charge in [-0.15, -0.1) is 0 Å². The third-order valence-corrected chi connectivity index (χ3v) is 2.24. The van der Waals surface area contributed by atoms with Crippen LogP contribution in [0.2, 0.25) is 0 Å². The van der Waals surface area contributed by atoms with Crippen LogP contribution in [0.5, 0.6) is 0 Å². The van der Waals surface area contributed by atoms with Crippen LogP contribution < -0.4 is 0 Å². The molecular weight excluding hydrogens is 168 g/mol. The van der Waals surface area contributed by atoms with Crippen molar-refractivity contribution in [2.24, 2.45) is 0 Å². The molecule has 0 aromatic rings. The summed E-state index contributed by atoms with van der Waals surface area (Å²) in [6.45, 7) is 4.45. The van der Waals surface area contributed by atoms with Gasteiger partial charge in [0.1, 0.15) is 0 Å². The Labute approximate surface area is 90.1 Å². The summed E-state index contributed by atoms with van der Waals surface area (Å²) in [6, 6.07) is 0. The van der Waals surface area contributed by atoms with Crippen molar-refractivity contribution in [3.05, 3.63) is 24.3 Å². The van der Waals surface area contributed by atoms with Crippen molar-refractivity contribution in [1.29, 1.82) is 0 Å². The lowest BCUT2D eigenvalue weighted by atomic mass is 10.1. The number of allylic oxidation sites excluding steroid dienone is 4. The molecule has 0 aromatic carbocycles. The normalized spacial score (nSPS) is 11.9. The van der Waals surface area contributed by atoms with Gasteiger partial charge in [-0.1, -0.05) is 51.0 Å². The lowest BCUT2D eigenvalue weighted by Crippen LogP contribution is -1.73. The number of hydrogen-bond acceptors (Lipinski definition) is 0. The summed E-state index contributed by atoms with van der Waals surface area (Å²) in [5.41, 5.74) is 0. The largest absolute Gasteiger partial charge is 0.0885 e. The quantitative estimate of drug-likeness (QED) is 0.347. The first-order valence-corrected chi connectivity index (χ1v) is 6.21. The van der Waals surface area contributed by atoms with Crippen molar-refractivity contribution in [2.75, 3.05) is 0 Å². The first kappa shape index (κ1) is 13.5. The second kappa shape index (κ2) is 12.5. The highest BCUT2D eigenvalue weighted by molar-refractivity contribution is 4.83. The average molecular weight is 194 g/mol. The van der Waals surface area contributed by atoms with E-state index in [-0.39, 0.29) is 0 Å². The molecule has 0 bridgehead atoms. The van der Waals surface area contributed by atoms with Crippen LogP contribution in [0, 0.1) is 0 Å². The minimum Gasteiger partial charge on any atom is -0.0885 e. The zero-order chi connectivity index (χ0) is 10.5. The van der Waals surface area contributed by atoms with Crippen molar-refractivity contribution in [1.82, 2.24) is 0 Å². The van der Waals surface area contributed by atoms with Crippen LogP contribution in [0.4, 0.5) is 0 Å². The predicted molar refractivity (Wildman–Crippen MR) is 66.6 cm³/mol. The van der Waals surface area contributed by atoms with E-state index in [1.807, 2.05) is 0 Å². The van der Waals surface area contributed by atoms with E-state index in [0.717, 1.165) is 0 Å². The molecule has 0 atom stereocenters. The Balaban J connectivity index is 3.05. The summed E-state index contributed by atoms with van der Waals surface area (Å²) in [5.74, 6) is 0. The van der Waals surface area contributed by atoms with Gasteiger partial charge in [0, 0.05) is 0 Å². The van der Waals surface area contributed by atoms with Gasteiger partial charge >= 0.3 is 0 Å². The van der Waals surface area contributed by atoms with E-state index in [1.165, 1.54) is 51.4 Å². The summed E-state index contributed by atoms with van der Waals surface area (Å²) in [4.78, 5) is 0. The highest BCUT2D eigenvalue weighted by Gasteiger charge is 1.83. The fraction of sp³-hybridized carbons (Fsp3) is 0.714. The lowest BCUT2D eigenvalue weighted by Gasteiger charge is -1.93. The zero-order valence-electron chi connectivity index (χ0n) is 9.97. The Kier molecular flexibility index (Phi) is 12.0. The van der Waals surface area contributed by atoms with E-state index in [2.05, 4.69) is 38.2 Å². The van der Waals surface area contributed by atoms with E-state index < -0.39 is 0 Å². The molecule has 0 N–H and O–H groups in total. The topological polar surface area (TPSA) is 0 Å². The first-order chi connectivity index (χ1) is 6.91. The van der Waals surface area contributed by atoms with Crippen LogP contribution in [0.3, 0.4) is 0 Å². The van der Waals surface area contributed by atoms with Gasteiger partial charge in [-0.05, 0) is 38.5 Å². The van der Waals surface area contributed by atoms with Gasteiger partial charge in [-0.25, -0.2) is 0 Å². The smallest absolute Gasteiger partial charge is 0.0351 e. The first-order valence-electron chi connectivity index (χ1n) is 6.21. The second-order valence-corrected chi connectivity index (χ2v) is 3.80. The fourth-order valence-electron chi connectivity index (χ4n) is 1.33. The summed E-state index contributed by atoms with van der Waals surface area (Å²) in [5, 5.41) is 0. The van der Waals surface area contributed by atoms with Gasteiger partial charge < -0.3 is 0 Å². The van der Waals surface area contributed by atoms with Gasteiger partial charge in [0.15, 0.2) is 0 Å². The van der Waals surface area contributed by atoms with Gasteiger partial charge in [-0.3, -0.25) is 0 Å². The SMILES string of the molecule is CCC/C=C\CCCC/C=C/CCC. The molecule has 0 saturated carbocycles. The van der Waals surface area contributed by atoms with E-state index in [4.69, 9.17) is 0 Å². The minimum absolute atomic E-state index is 1.25.